The molecule has 5 heteroatoms. The normalized spacial score (nSPS) is 25.2. The summed E-state index contributed by atoms with van der Waals surface area (Å²) < 4.78 is 11.4. The van der Waals surface area contributed by atoms with E-state index in [2.05, 4.69) is 26.1 Å². The summed E-state index contributed by atoms with van der Waals surface area (Å²) in [6.07, 6.45) is 3.82. The molecule has 2 atom stereocenters. The minimum Gasteiger partial charge on any atom is -0.444 e. The van der Waals surface area contributed by atoms with Gasteiger partial charge in [-0.05, 0) is 53.4 Å². The van der Waals surface area contributed by atoms with E-state index in [4.69, 9.17) is 9.47 Å². The van der Waals surface area contributed by atoms with Crippen molar-refractivity contribution in [2.45, 2.75) is 84.5 Å². The summed E-state index contributed by atoms with van der Waals surface area (Å²) in [4.78, 5) is 14.0. The van der Waals surface area contributed by atoms with Crippen LogP contribution < -0.4 is 5.32 Å². The van der Waals surface area contributed by atoms with Crippen LogP contribution in [0.25, 0.3) is 0 Å². The van der Waals surface area contributed by atoms with Crippen LogP contribution in [0.1, 0.15) is 67.2 Å². The lowest BCUT2D eigenvalue weighted by Crippen LogP contribution is -2.47. The van der Waals surface area contributed by atoms with Crippen molar-refractivity contribution in [1.29, 1.82) is 0 Å². The van der Waals surface area contributed by atoms with Crippen molar-refractivity contribution < 1.29 is 14.3 Å². The Morgan fingerprint density at radius 3 is 2.61 bits per heavy atom. The number of ether oxygens (including phenoxy) is 2. The van der Waals surface area contributed by atoms with Crippen molar-refractivity contribution in [3.05, 3.63) is 0 Å². The maximum atomic E-state index is 12.2. The van der Waals surface area contributed by atoms with Gasteiger partial charge in [0, 0.05) is 32.3 Å². The number of nitrogens with zero attached hydrogens (tertiary/aromatic N) is 1. The molecule has 1 aliphatic heterocycles. The van der Waals surface area contributed by atoms with E-state index in [1.54, 1.807) is 4.90 Å². The average Bonchev–Trinajstić information content (AvgIpc) is 2.45. The molecule has 1 heterocycles. The summed E-state index contributed by atoms with van der Waals surface area (Å²) in [5, 5.41) is 3.59. The molecule has 0 saturated carbocycles. The molecule has 0 spiro atoms. The second-order valence-corrected chi connectivity index (χ2v) is 7.76. The topological polar surface area (TPSA) is 50.8 Å². The van der Waals surface area contributed by atoms with Crippen LogP contribution in [0.5, 0.6) is 0 Å². The van der Waals surface area contributed by atoms with Gasteiger partial charge in [0.2, 0.25) is 0 Å². The molecule has 1 aliphatic rings. The lowest BCUT2D eigenvalue weighted by molar-refractivity contribution is -0.0780. The maximum absolute atomic E-state index is 12.2. The van der Waals surface area contributed by atoms with Crippen molar-refractivity contribution in [3.63, 3.8) is 0 Å². The predicted octanol–water partition coefficient (Wildman–Crippen LogP) is 3.57. The number of hydrogen-bond acceptors (Lipinski definition) is 4. The van der Waals surface area contributed by atoms with Crippen LogP contribution in [-0.2, 0) is 9.47 Å². The van der Waals surface area contributed by atoms with Gasteiger partial charge in [0.05, 0.1) is 5.60 Å². The second-order valence-electron chi connectivity index (χ2n) is 7.76. The fraction of sp³-hybridized carbons (Fsp3) is 0.944. The van der Waals surface area contributed by atoms with Crippen molar-refractivity contribution in [3.8, 4) is 0 Å². The minimum atomic E-state index is -0.444. The third-order valence-electron chi connectivity index (χ3n) is 4.30. The molecule has 136 valence electrons. The molecule has 0 bridgehead atoms. The smallest absolute Gasteiger partial charge is 0.410 e. The van der Waals surface area contributed by atoms with Gasteiger partial charge in [0.15, 0.2) is 0 Å². The first-order valence-electron chi connectivity index (χ1n) is 9.04. The summed E-state index contributed by atoms with van der Waals surface area (Å²) in [5.74, 6) is 0. The Morgan fingerprint density at radius 2 is 2.04 bits per heavy atom. The quantitative estimate of drug-likeness (QED) is 0.776. The first-order chi connectivity index (χ1) is 10.7. The van der Waals surface area contributed by atoms with E-state index in [1.807, 2.05) is 20.8 Å². The Hall–Kier alpha value is -0.810. The monoisotopic (exact) mass is 328 g/mol. The molecule has 1 N–H and O–H groups in total. The molecule has 1 amide bonds. The molecule has 1 rings (SSSR count). The summed E-state index contributed by atoms with van der Waals surface area (Å²) in [7, 11) is 0. The standard InChI is InChI=1S/C18H36N2O3/c1-7-11-20(16(21)23-17(3,4)5)12-10-19-15-9-13-22-18(6,8-2)14-15/h15,19H,7-14H2,1-6H3. The zero-order valence-corrected chi connectivity index (χ0v) is 15.9. The van der Waals surface area contributed by atoms with Gasteiger partial charge >= 0.3 is 6.09 Å². The summed E-state index contributed by atoms with van der Waals surface area (Å²) >= 11 is 0. The van der Waals surface area contributed by atoms with Gasteiger partial charge in [-0.25, -0.2) is 4.79 Å². The number of carbonyl (C=O) groups excluding carboxylic acids is 1. The lowest BCUT2D eigenvalue weighted by atomic mass is 9.90. The van der Waals surface area contributed by atoms with Crippen LogP contribution in [-0.4, -0.2) is 54.5 Å². The second kappa shape index (κ2) is 8.88. The predicted molar refractivity (Wildman–Crippen MR) is 93.8 cm³/mol. The van der Waals surface area contributed by atoms with E-state index in [9.17, 15) is 4.79 Å². The van der Waals surface area contributed by atoms with Gasteiger partial charge in [-0.2, -0.15) is 0 Å². The molecule has 1 saturated heterocycles. The van der Waals surface area contributed by atoms with E-state index in [-0.39, 0.29) is 11.7 Å². The highest BCUT2D eigenvalue weighted by Crippen LogP contribution is 2.27. The fourth-order valence-corrected chi connectivity index (χ4v) is 2.84. The van der Waals surface area contributed by atoms with Gasteiger partial charge in [0.25, 0.3) is 0 Å². The van der Waals surface area contributed by atoms with Crippen LogP contribution in [0.4, 0.5) is 4.79 Å². The van der Waals surface area contributed by atoms with Gasteiger partial charge < -0.3 is 19.7 Å². The maximum Gasteiger partial charge on any atom is 0.410 e. The molecule has 0 aromatic heterocycles. The van der Waals surface area contributed by atoms with Gasteiger partial charge in [-0.1, -0.05) is 13.8 Å². The highest BCUT2D eigenvalue weighted by molar-refractivity contribution is 5.68. The van der Waals surface area contributed by atoms with Crippen LogP contribution in [0, 0.1) is 0 Å². The van der Waals surface area contributed by atoms with E-state index in [0.29, 0.717) is 12.6 Å². The number of rotatable bonds is 7. The third kappa shape index (κ3) is 7.53. The molecule has 5 nitrogen and oxygen atoms in total. The van der Waals surface area contributed by atoms with Crippen molar-refractivity contribution >= 4 is 6.09 Å². The van der Waals surface area contributed by atoms with Gasteiger partial charge in [-0.3, -0.25) is 0 Å². The van der Waals surface area contributed by atoms with Gasteiger partial charge in [-0.15, -0.1) is 0 Å². The van der Waals surface area contributed by atoms with Crippen LogP contribution in [0.2, 0.25) is 0 Å². The summed E-state index contributed by atoms with van der Waals surface area (Å²) in [6, 6.07) is 0.468. The Labute approximate surface area is 142 Å². The highest BCUT2D eigenvalue weighted by Gasteiger charge is 2.31. The zero-order chi connectivity index (χ0) is 17.5. The number of hydrogen-bond donors (Lipinski definition) is 1. The van der Waals surface area contributed by atoms with Crippen LogP contribution >= 0.6 is 0 Å². The molecular formula is C18H36N2O3. The van der Waals surface area contributed by atoms with E-state index in [1.165, 1.54) is 0 Å². The number of amides is 1. The largest absolute Gasteiger partial charge is 0.444 e. The summed E-state index contributed by atoms with van der Waals surface area (Å²) in [5.41, 5.74) is -0.454. The molecule has 0 radical (unpaired) electrons. The van der Waals surface area contributed by atoms with E-state index < -0.39 is 5.60 Å². The number of carbonyl (C=O) groups is 1. The van der Waals surface area contributed by atoms with Gasteiger partial charge in [0.1, 0.15) is 5.60 Å². The molecule has 0 aromatic rings. The Balaban J connectivity index is 2.42. The Kier molecular flexibility index (Phi) is 7.81. The van der Waals surface area contributed by atoms with Crippen LogP contribution in [0.15, 0.2) is 0 Å². The molecule has 2 unspecified atom stereocenters. The van der Waals surface area contributed by atoms with Crippen molar-refractivity contribution in [2.24, 2.45) is 0 Å². The first-order valence-corrected chi connectivity index (χ1v) is 9.04. The first kappa shape index (κ1) is 20.2. The third-order valence-corrected chi connectivity index (χ3v) is 4.30. The SMILES string of the molecule is CCCN(CCNC1CCOC(C)(CC)C1)C(=O)OC(C)(C)C. The fourth-order valence-electron chi connectivity index (χ4n) is 2.84. The average molecular weight is 328 g/mol. The highest BCUT2D eigenvalue weighted by atomic mass is 16.6. The number of nitrogens with one attached hydrogen (secondary N) is 1. The lowest BCUT2D eigenvalue weighted by Gasteiger charge is -2.38. The molecule has 23 heavy (non-hydrogen) atoms. The molecule has 1 fully saturated rings. The van der Waals surface area contributed by atoms with E-state index >= 15 is 0 Å². The molecule has 0 aromatic carbocycles. The Morgan fingerprint density at radius 1 is 1.35 bits per heavy atom. The molecular weight excluding hydrogens is 292 g/mol. The van der Waals surface area contributed by atoms with E-state index in [0.717, 1.165) is 45.4 Å². The van der Waals surface area contributed by atoms with Crippen LogP contribution in [0.3, 0.4) is 0 Å². The Bertz CT molecular complexity index is 368. The minimum absolute atomic E-state index is 0.00973. The van der Waals surface area contributed by atoms with Crippen molar-refractivity contribution in [1.82, 2.24) is 10.2 Å². The summed E-state index contributed by atoms with van der Waals surface area (Å²) in [6.45, 7) is 15.2. The molecule has 0 aliphatic carbocycles. The van der Waals surface area contributed by atoms with Crippen molar-refractivity contribution in [2.75, 3.05) is 26.2 Å². The zero-order valence-electron chi connectivity index (χ0n) is 15.9.